The van der Waals surface area contributed by atoms with Crippen molar-refractivity contribution in [2.45, 2.75) is 38.8 Å². The Morgan fingerprint density at radius 1 is 1.40 bits per heavy atom. The molecule has 6 nitrogen and oxygen atoms in total. The minimum Gasteiger partial charge on any atom is -0.444 e. The summed E-state index contributed by atoms with van der Waals surface area (Å²) in [5.41, 5.74) is -0.566. The van der Waals surface area contributed by atoms with Crippen LogP contribution >= 0.6 is 0 Å². The van der Waals surface area contributed by atoms with Crippen LogP contribution in [0.2, 0.25) is 0 Å². The second kappa shape index (κ2) is 4.06. The molecule has 0 aliphatic carbocycles. The summed E-state index contributed by atoms with van der Waals surface area (Å²) in [5, 5.41) is 0. The van der Waals surface area contributed by atoms with E-state index in [-0.39, 0.29) is 0 Å². The Hall–Kier alpha value is -1.30. The summed E-state index contributed by atoms with van der Waals surface area (Å²) in [5.74, 6) is 4.14. The second-order valence-electron chi connectivity index (χ2n) is 4.42. The van der Waals surface area contributed by atoms with Gasteiger partial charge < -0.3 is 9.57 Å². The molecular formula is C9H16N2O4. The van der Waals surface area contributed by atoms with Gasteiger partial charge >= 0.3 is 12.1 Å². The first kappa shape index (κ1) is 11.8. The van der Waals surface area contributed by atoms with Crippen LogP contribution in [-0.2, 0) is 14.4 Å². The van der Waals surface area contributed by atoms with Crippen LogP contribution in [0.3, 0.4) is 0 Å². The largest absolute Gasteiger partial charge is 0.444 e. The summed E-state index contributed by atoms with van der Waals surface area (Å²) in [4.78, 5) is 28.0. The van der Waals surface area contributed by atoms with E-state index in [0.29, 0.717) is 13.0 Å². The molecule has 1 heterocycles. The normalized spacial score (nSPS) is 20.5. The van der Waals surface area contributed by atoms with E-state index < -0.39 is 23.7 Å². The average molecular weight is 216 g/mol. The van der Waals surface area contributed by atoms with Crippen molar-refractivity contribution in [2.75, 3.05) is 6.54 Å². The highest BCUT2D eigenvalue weighted by Gasteiger charge is 2.40. The van der Waals surface area contributed by atoms with Gasteiger partial charge in [0.15, 0.2) is 0 Å². The molecule has 1 fully saturated rings. The summed E-state index contributed by atoms with van der Waals surface area (Å²) in [6, 6.07) is -0.593. The van der Waals surface area contributed by atoms with E-state index in [9.17, 15) is 9.59 Å². The summed E-state index contributed by atoms with van der Waals surface area (Å²) >= 11 is 0. The zero-order valence-corrected chi connectivity index (χ0v) is 9.15. The van der Waals surface area contributed by atoms with E-state index >= 15 is 0 Å². The predicted molar refractivity (Wildman–Crippen MR) is 51.6 cm³/mol. The van der Waals surface area contributed by atoms with Crippen molar-refractivity contribution in [1.29, 1.82) is 0 Å². The molecule has 0 aromatic carbocycles. The maximum Gasteiger partial charge on any atom is 0.411 e. The van der Waals surface area contributed by atoms with E-state index in [1.165, 1.54) is 4.90 Å². The van der Waals surface area contributed by atoms with Crippen molar-refractivity contribution in [3.8, 4) is 0 Å². The Morgan fingerprint density at radius 2 is 2.00 bits per heavy atom. The minimum atomic E-state index is -0.605. The number of hydrogen-bond acceptors (Lipinski definition) is 5. The SMILES string of the molecule is CC(C)(C)OC(=O)N1CC[C@H]1C(=O)ON. The first-order chi connectivity index (χ1) is 6.85. The summed E-state index contributed by atoms with van der Waals surface area (Å²) in [6.07, 6.45) is 0.0547. The van der Waals surface area contributed by atoms with Crippen molar-refractivity contribution in [3.63, 3.8) is 0 Å². The van der Waals surface area contributed by atoms with Gasteiger partial charge in [0.05, 0.1) is 0 Å². The number of carbonyl (C=O) groups is 2. The summed E-state index contributed by atoms with van der Waals surface area (Å²) in [7, 11) is 0. The van der Waals surface area contributed by atoms with E-state index in [1.54, 1.807) is 20.8 Å². The molecule has 1 atom stereocenters. The predicted octanol–water partition coefficient (Wildman–Crippen LogP) is 0.413. The lowest BCUT2D eigenvalue weighted by Crippen LogP contribution is -2.57. The Kier molecular flexibility index (Phi) is 3.18. The molecule has 0 radical (unpaired) electrons. The van der Waals surface area contributed by atoms with E-state index in [2.05, 4.69) is 4.84 Å². The molecule has 0 unspecified atom stereocenters. The maximum absolute atomic E-state index is 11.5. The molecule has 1 aliphatic heterocycles. The van der Waals surface area contributed by atoms with Crippen LogP contribution in [0.1, 0.15) is 27.2 Å². The van der Waals surface area contributed by atoms with Crippen LogP contribution in [0.4, 0.5) is 4.79 Å². The topological polar surface area (TPSA) is 81.9 Å². The van der Waals surface area contributed by atoms with Crippen LogP contribution in [0.5, 0.6) is 0 Å². The highest BCUT2D eigenvalue weighted by Crippen LogP contribution is 2.21. The fourth-order valence-electron chi connectivity index (χ4n) is 1.25. The maximum atomic E-state index is 11.5. The molecule has 0 saturated carbocycles. The van der Waals surface area contributed by atoms with Crippen molar-refractivity contribution in [2.24, 2.45) is 5.90 Å². The van der Waals surface area contributed by atoms with Gasteiger partial charge in [0.25, 0.3) is 0 Å². The standard InChI is InChI=1S/C9H16N2O4/c1-9(2,3)14-8(13)11-5-4-6(11)7(12)15-10/h6H,4-5,10H2,1-3H3/t6-/m0/s1. The fraction of sp³-hybridized carbons (Fsp3) is 0.778. The zero-order chi connectivity index (χ0) is 11.6. The van der Waals surface area contributed by atoms with Crippen molar-refractivity contribution >= 4 is 12.1 Å². The van der Waals surface area contributed by atoms with Crippen molar-refractivity contribution < 1.29 is 19.2 Å². The van der Waals surface area contributed by atoms with Crippen LogP contribution in [-0.4, -0.2) is 35.2 Å². The van der Waals surface area contributed by atoms with E-state index in [1.807, 2.05) is 0 Å². The molecule has 86 valence electrons. The molecule has 0 aromatic heterocycles. The summed E-state index contributed by atoms with van der Waals surface area (Å²) < 4.78 is 5.10. The monoisotopic (exact) mass is 216 g/mol. The smallest absolute Gasteiger partial charge is 0.411 e. The van der Waals surface area contributed by atoms with Gasteiger partial charge in [-0.2, -0.15) is 5.90 Å². The zero-order valence-electron chi connectivity index (χ0n) is 9.15. The quantitative estimate of drug-likeness (QED) is 0.642. The van der Waals surface area contributed by atoms with Crippen LogP contribution in [0, 0.1) is 0 Å². The Morgan fingerprint density at radius 3 is 2.33 bits per heavy atom. The number of likely N-dealkylation sites (tertiary alicyclic amines) is 1. The Bertz CT molecular complexity index is 272. The van der Waals surface area contributed by atoms with Crippen LogP contribution in [0.25, 0.3) is 0 Å². The van der Waals surface area contributed by atoms with Gasteiger partial charge in [-0.15, -0.1) is 0 Å². The van der Waals surface area contributed by atoms with Gasteiger partial charge in [-0.25, -0.2) is 9.59 Å². The van der Waals surface area contributed by atoms with Crippen LogP contribution < -0.4 is 5.90 Å². The number of ether oxygens (including phenoxy) is 1. The fourth-order valence-corrected chi connectivity index (χ4v) is 1.25. The molecule has 6 heteroatoms. The number of nitrogens with zero attached hydrogens (tertiary/aromatic N) is 1. The number of carbonyl (C=O) groups excluding carboxylic acids is 2. The molecule has 0 bridgehead atoms. The first-order valence-corrected chi connectivity index (χ1v) is 4.75. The third kappa shape index (κ3) is 2.82. The summed E-state index contributed by atoms with van der Waals surface area (Å²) in [6.45, 7) is 5.79. The van der Waals surface area contributed by atoms with Gasteiger partial charge in [0.1, 0.15) is 11.6 Å². The Labute approximate surface area is 88.3 Å². The molecule has 2 N–H and O–H groups in total. The minimum absolute atomic E-state index is 0.495. The first-order valence-electron chi connectivity index (χ1n) is 4.75. The lowest BCUT2D eigenvalue weighted by molar-refractivity contribution is -0.155. The molecule has 1 amide bonds. The molecule has 0 aromatic rings. The van der Waals surface area contributed by atoms with Gasteiger partial charge in [-0.1, -0.05) is 0 Å². The molecular weight excluding hydrogens is 200 g/mol. The highest BCUT2D eigenvalue weighted by atomic mass is 16.7. The van der Waals surface area contributed by atoms with E-state index in [0.717, 1.165) is 0 Å². The molecule has 1 rings (SSSR count). The van der Waals surface area contributed by atoms with Crippen molar-refractivity contribution in [1.82, 2.24) is 4.90 Å². The van der Waals surface area contributed by atoms with E-state index in [4.69, 9.17) is 10.6 Å². The highest BCUT2D eigenvalue weighted by molar-refractivity contribution is 5.83. The van der Waals surface area contributed by atoms with Gasteiger partial charge in [0.2, 0.25) is 0 Å². The van der Waals surface area contributed by atoms with Gasteiger partial charge in [-0.3, -0.25) is 4.90 Å². The van der Waals surface area contributed by atoms with Gasteiger partial charge in [-0.05, 0) is 27.2 Å². The molecule has 1 aliphatic rings. The molecule has 0 spiro atoms. The average Bonchev–Trinajstić information content (AvgIpc) is 1.97. The Balaban J connectivity index is 2.51. The number of hydrogen-bond donors (Lipinski definition) is 1. The van der Waals surface area contributed by atoms with Crippen molar-refractivity contribution in [3.05, 3.63) is 0 Å². The second-order valence-corrected chi connectivity index (χ2v) is 4.42. The molecule has 15 heavy (non-hydrogen) atoms. The molecule has 1 saturated heterocycles. The number of nitrogens with two attached hydrogens (primary N) is 1. The number of rotatable bonds is 1. The number of amides is 1. The third-order valence-corrected chi connectivity index (χ3v) is 2.04. The van der Waals surface area contributed by atoms with Crippen LogP contribution in [0.15, 0.2) is 0 Å². The lowest BCUT2D eigenvalue weighted by atomic mass is 10.0. The lowest BCUT2D eigenvalue weighted by Gasteiger charge is -2.38. The third-order valence-electron chi connectivity index (χ3n) is 2.04. The van der Waals surface area contributed by atoms with Gasteiger partial charge in [0, 0.05) is 6.54 Å².